The third-order valence-electron chi connectivity index (χ3n) is 12.0. The number of hydrogen-bond acceptors (Lipinski definition) is 6. The number of hydrogen-bond donors (Lipinski definition) is 0. The zero-order valence-corrected chi connectivity index (χ0v) is 45.0. The topological polar surface area (TPSA) is 78.9 Å². The molecule has 69 heavy (non-hydrogen) atoms. The summed E-state index contributed by atoms with van der Waals surface area (Å²) in [5.74, 6) is -0.971. The maximum absolute atomic E-state index is 12.9. The van der Waals surface area contributed by atoms with E-state index in [4.69, 9.17) is 14.2 Å². The van der Waals surface area contributed by atoms with Crippen molar-refractivity contribution in [2.45, 2.75) is 271 Å². The number of esters is 3. The van der Waals surface area contributed by atoms with Gasteiger partial charge >= 0.3 is 17.9 Å². The first-order chi connectivity index (χ1) is 34.0. The lowest BCUT2D eigenvalue weighted by molar-refractivity contribution is -0.167. The zero-order valence-electron chi connectivity index (χ0n) is 45.0. The number of carbonyl (C=O) groups is 3. The molecular weight excluding hydrogens is 853 g/mol. The Hall–Kier alpha value is -3.67. The molecule has 0 saturated carbocycles. The van der Waals surface area contributed by atoms with Crippen LogP contribution in [0.3, 0.4) is 0 Å². The van der Waals surface area contributed by atoms with Crippen molar-refractivity contribution < 1.29 is 28.6 Å². The number of rotatable bonds is 51. The first-order valence-corrected chi connectivity index (χ1v) is 28.7. The highest BCUT2D eigenvalue weighted by molar-refractivity contribution is 5.71. The summed E-state index contributed by atoms with van der Waals surface area (Å²) >= 11 is 0. The molecular formula is C63H106O6. The van der Waals surface area contributed by atoms with Gasteiger partial charge in [-0.2, -0.15) is 0 Å². The van der Waals surface area contributed by atoms with Gasteiger partial charge in [-0.3, -0.25) is 14.4 Å². The summed E-state index contributed by atoms with van der Waals surface area (Å²) in [4.78, 5) is 38.2. The summed E-state index contributed by atoms with van der Waals surface area (Å²) in [6.07, 6.45) is 75.4. The van der Waals surface area contributed by atoms with Crippen LogP contribution in [0.4, 0.5) is 0 Å². The van der Waals surface area contributed by atoms with Crippen molar-refractivity contribution in [2.24, 2.45) is 0 Å². The average molecular weight is 960 g/mol. The lowest BCUT2D eigenvalue weighted by Crippen LogP contribution is -2.30. The molecule has 1 atom stereocenters. The van der Waals surface area contributed by atoms with Crippen LogP contribution in [0.15, 0.2) is 97.2 Å². The third-order valence-corrected chi connectivity index (χ3v) is 12.0. The van der Waals surface area contributed by atoms with Gasteiger partial charge < -0.3 is 14.2 Å². The number of allylic oxidation sites excluding steroid dienone is 16. The molecule has 0 amide bonds. The maximum Gasteiger partial charge on any atom is 0.306 e. The van der Waals surface area contributed by atoms with Gasteiger partial charge in [0.1, 0.15) is 13.2 Å². The molecule has 394 valence electrons. The summed E-state index contributed by atoms with van der Waals surface area (Å²) in [7, 11) is 0. The maximum atomic E-state index is 12.9. The van der Waals surface area contributed by atoms with E-state index in [2.05, 4.69) is 118 Å². The van der Waals surface area contributed by atoms with Gasteiger partial charge in [0.15, 0.2) is 6.10 Å². The van der Waals surface area contributed by atoms with Crippen molar-refractivity contribution in [3.8, 4) is 0 Å². The van der Waals surface area contributed by atoms with Crippen molar-refractivity contribution in [1.82, 2.24) is 0 Å². The Labute approximate surface area is 426 Å². The molecule has 0 N–H and O–H groups in total. The molecule has 0 aromatic carbocycles. The minimum atomic E-state index is -0.808. The van der Waals surface area contributed by atoms with Gasteiger partial charge in [-0.1, -0.05) is 227 Å². The molecule has 0 saturated heterocycles. The second kappa shape index (κ2) is 56.9. The molecule has 0 bridgehead atoms. The standard InChI is InChI=1S/C63H106O6/c1-4-7-10-13-16-19-22-25-28-31-34-37-40-43-46-49-52-55-61(64)67-58-60(69-63(66)57-54-51-48-45-42-39-36-33-30-27-24-21-18-15-12-9-6-3)59-68-62(65)56-53-50-47-44-41-38-35-32-29-26-23-20-17-14-11-8-5-2/h7,10,16,18-19,21,25-30,34,37,43,46,60H,4-6,8-9,11-15,17,20,22-24,31-33,35-36,38-42,44-45,47-59H2,1-3H3/b10-7+,19-16+,21-18+,28-25+,29-26+,30-27+,37-34+,46-43+/t60-/m0/s1. The van der Waals surface area contributed by atoms with Crippen molar-refractivity contribution in [3.05, 3.63) is 97.2 Å². The van der Waals surface area contributed by atoms with Crippen LogP contribution < -0.4 is 0 Å². The summed E-state index contributed by atoms with van der Waals surface area (Å²) in [6.45, 7) is 6.45. The Kier molecular flexibility index (Phi) is 53.9. The van der Waals surface area contributed by atoms with Crippen molar-refractivity contribution >= 4 is 17.9 Å². The fourth-order valence-electron chi connectivity index (χ4n) is 7.74. The Morgan fingerprint density at radius 2 is 0.580 bits per heavy atom. The Bertz CT molecular complexity index is 1380. The Balaban J connectivity index is 4.49. The molecule has 0 spiro atoms. The van der Waals surface area contributed by atoms with E-state index in [9.17, 15) is 14.4 Å². The smallest absolute Gasteiger partial charge is 0.306 e. The van der Waals surface area contributed by atoms with Gasteiger partial charge in [-0.25, -0.2) is 0 Å². The summed E-state index contributed by atoms with van der Waals surface area (Å²) in [6, 6.07) is 0. The van der Waals surface area contributed by atoms with Crippen LogP contribution in [0.2, 0.25) is 0 Å². The fourth-order valence-corrected chi connectivity index (χ4v) is 7.74. The third kappa shape index (κ3) is 55.1. The quantitative estimate of drug-likeness (QED) is 0.0262. The first-order valence-electron chi connectivity index (χ1n) is 28.7. The van der Waals surface area contributed by atoms with E-state index in [-0.39, 0.29) is 37.5 Å². The molecule has 6 nitrogen and oxygen atoms in total. The molecule has 0 fully saturated rings. The first kappa shape index (κ1) is 65.3. The minimum Gasteiger partial charge on any atom is -0.462 e. The molecule has 0 aliphatic rings. The van der Waals surface area contributed by atoms with Gasteiger partial charge in [0, 0.05) is 19.3 Å². The van der Waals surface area contributed by atoms with E-state index in [0.29, 0.717) is 19.3 Å². The van der Waals surface area contributed by atoms with Crippen LogP contribution in [0.1, 0.15) is 265 Å². The van der Waals surface area contributed by atoms with Gasteiger partial charge in [-0.05, 0) is 116 Å². The van der Waals surface area contributed by atoms with E-state index in [1.54, 1.807) is 0 Å². The molecule has 0 rings (SSSR count). The Morgan fingerprint density at radius 1 is 0.304 bits per heavy atom. The van der Waals surface area contributed by atoms with Crippen molar-refractivity contribution in [3.63, 3.8) is 0 Å². The number of carbonyl (C=O) groups excluding carboxylic acids is 3. The molecule has 0 heterocycles. The normalized spacial score (nSPS) is 12.8. The Morgan fingerprint density at radius 3 is 0.986 bits per heavy atom. The number of ether oxygens (including phenoxy) is 3. The van der Waals surface area contributed by atoms with Crippen LogP contribution >= 0.6 is 0 Å². The van der Waals surface area contributed by atoms with Crippen LogP contribution in [0.25, 0.3) is 0 Å². The molecule has 0 aliphatic heterocycles. The van der Waals surface area contributed by atoms with E-state index in [1.165, 1.54) is 128 Å². The van der Waals surface area contributed by atoms with Gasteiger partial charge in [0.2, 0.25) is 0 Å². The molecule has 0 aliphatic carbocycles. The highest BCUT2D eigenvalue weighted by Crippen LogP contribution is 2.14. The van der Waals surface area contributed by atoms with Crippen LogP contribution in [0, 0.1) is 0 Å². The zero-order chi connectivity index (χ0) is 50.0. The van der Waals surface area contributed by atoms with Crippen molar-refractivity contribution in [2.75, 3.05) is 13.2 Å². The molecule has 0 radical (unpaired) electrons. The number of unbranched alkanes of at least 4 members (excludes halogenated alkanes) is 24. The average Bonchev–Trinajstić information content (AvgIpc) is 3.35. The van der Waals surface area contributed by atoms with E-state index in [0.717, 1.165) is 89.9 Å². The van der Waals surface area contributed by atoms with Crippen molar-refractivity contribution in [1.29, 1.82) is 0 Å². The van der Waals surface area contributed by atoms with Gasteiger partial charge in [0.25, 0.3) is 0 Å². The highest BCUT2D eigenvalue weighted by Gasteiger charge is 2.19. The second-order valence-corrected chi connectivity index (χ2v) is 18.8. The minimum absolute atomic E-state index is 0.101. The monoisotopic (exact) mass is 959 g/mol. The fraction of sp³-hybridized carbons (Fsp3) is 0.698. The summed E-state index contributed by atoms with van der Waals surface area (Å²) in [5.41, 5.74) is 0. The second-order valence-electron chi connectivity index (χ2n) is 18.8. The van der Waals surface area contributed by atoms with Crippen LogP contribution in [-0.4, -0.2) is 37.2 Å². The van der Waals surface area contributed by atoms with E-state index in [1.807, 2.05) is 0 Å². The lowest BCUT2D eigenvalue weighted by Gasteiger charge is -2.18. The van der Waals surface area contributed by atoms with Crippen LogP contribution in [0.5, 0.6) is 0 Å². The summed E-state index contributed by atoms with van der Waals surface area (Å²) in [5, 5.41) is 0. The van der Waals surface area contributed by atoms with Crippen LogP contribution in [-0.2, 0) is 28.6 Å². The predicted octanol–water partition coefficient (Wildman–Crippen LogP) is 19.3. The van der Waals surface area contributed by atoms with Gasteiger partial charge in [-0.15, -0.1) is 0 Å². The molecule has 0 unspecified atom stereocenters. The lowest BCUT2D eigenvalue weighted by atomic mass is 10.1. The van der Waals surface area contributed by atoms with Gasteiger partial charge in [0.05, 0.1) is 0 Å². The van der Waals surface area contributed by atoms with E-state index < -0.39 is 6.10 Å². The molecule has 0 aromatic heterocycles. The predicted molar refractivity (Wildman–Crippen MR) is 297 cm³/mol. The largest absolute Gasteiger partial charge is 0.462 e. The SMILES string of the molecule is CC/C=C/C/C=C/C/C=C/C/C=C/C/C=C/CCCC(=O)OC[C@@H](COC(=O)CCCCCCCCC/C=C/CCCCCCCC)OC(=O)CCCCCCCCC/C=C/C/C=C/CCCCC. The molecule has 0 aromatic rings. The summed E-state index contributed by atoms with van der Waals surface area (Å²) < 4.78 is 16.8. The van der Waals surface area contributed by atoms with E-state index >= 15 is 0 Å². The highest BCUT2D eigenvalue weighted by atomic mass is 16.6. The molecule has 6 heteroatoms.